The predicted octanol–water partition coefficient (Wildman–Crippen LogP) is 6.28. The first-order valence-electron chi connectivity index (χ1n) is 11.1. The number of para-hydroxylation sites is 1. The van der Waals surface area contributed by atoms with E-state index in [4.69, 9.17) is 23.2 Å². The van der Waals surface area contributed by atoms with E-state index in [1.54, 1.807) is 21.8 Å². The van der Waals surface area contributed by atoms with Crippen LogP contribution in [0.3, 0.4) is 0 Å². The molecule has 6 rings (SSSR count). The Morgan fingerprint density at radius 3 is 2.43 bits per heavy atom. The highest BCUT2D eigenvalue weighted by Crippen LogP contribution is 2.46. The maximum atomic E-state index is 13.5. The Morgan fingerprint density at radius 2 is 1.65 bits per heavy atom. The monoisotopic (exact) mass is 565 g/mol. The van der Waals surface area contributed by atoms with Crippen LogP contribution in [-0.4, -0.2) is 36.1 Å². The minimum Gasteiger partial charge on any atom is -0.267 e. The normalized spacial score (nSPS) is 16.7. The van der Waals surface area contributed by atoms with E-state index in [2.05, 4.69) is 25.9 Å². The summed E-state index contributed by atoms with van der Waals surface area (Å²) >= 11 is 14.9. The topological polar surface area (TPSA) is 88.8 Å². The summed E-state index contributed by atoms with van der Waals surface area (Å²) in [5.74, 6) is -0.168. The molecule has 1 atom stereocenters. The van der Waals surface area contributed by atoms with Gasteiger partial charge < -0.3 is 0 Å². The van der Waals surface area contributed by atoms with Crippen molar-refractivity contribution < 1.29 is 4.79 Å². The standard InChI is InChI=1S/C25H17Cl2N7OS2/c26-17-9-5-15(6-10-17)13-21-23(35)34(24(36-21)16-7-11-18(27)12-8-16)31-25-30-29-22(37-25)14-33-20-4-2-1-3-19(20)28-32-33/h1-13,24H,14H2,(H,30,31)/b21-13-. The van der Waals surface area contributed by atoms with Crippen molar-refractivity contribution in [2.24, 2.45) is 0 Å². The van der Waals surface area contributed by atoms with E-state index in [1.807, 2.05) is 66.7 Å². The zero-order chi connectivity index (χ0) is 25.4. The molecule has 1 amide bonds. The number of nitrogens with zero attached hydrogens (tertiary/aromatic N) is 6. The second-order valence-corrected chi connectivity index (χ2v) is 11.2. The second-order valence-electron chi connectivity index (χ2n) is 8.11. The van der Waals surface area contributed by atoms with Crippen LogP contribution in [0.25, 0.3) is 17.1 Å². The Balaban J connectivity index is 1.27. The third kappa shape index (κ3) is 5.05. The van der Waals surface area contributed by atoms with Crippen LogP contribution in [-0.2, 0) is 11.3 Å². The third-order valence-corrected chi connectivity index (χ3v) is 8.18. The number of hydrogen-bond acceptors (Lipinski definition) is 8. The first-order valence-corrected chi connectivity index (χ1v) is 13.6. The molecule has 1 N–H and O–H groups in total. The molecule has 1 unspecified atom stereocenters. The summed E-state index contributed by atoms with van der Waals surface area (Å²) in [6.07, 6.45) is 1.86. The fourth-order valence-electron chi connectivity index (χ4n) is 3.84. The number of rotatable bonds is 6. The maximum absolute atomic E-state index is 13.5. The average Bonchev–Trinajstić information content (AvgIpc) is 3.61. The molecule has 0 radical (unpaired) electrons. The summed E-state index contributed by atoms with van der Waals surface area (Å²) in [5.41, 5.74) is 6.72. The largest absolute Gasteiger partial charge is 0.280 e. The van der Waals surface area contributed by atoms with Gasteiger partial charge in [0.1, 0.15) is 15.9 Å². The molecule has 1 fully saturated rings. The van der Waals surface area contributed by atoms with Crippen LogP contribution >= 0.6 is 46.3 Å². The van der Waals surface area contributed by atoms with Crippen LogP contribution in [0.1, 0.15) is 21.5 Å². The first kappa shape index (κ1) is 23.9. The summed E-state index contributed by atoms with van der Waals surface area (Å²) in [4.78, 5) is 14.1. The average molecular weight is 566 g/mol. The fourth-order valence-corrected chi connectivity index (χ4v) is 6.00. The summed E-state index contributed by atoms with van der Waals surface area (Å²) in [7, 11) is 0. The van der Waals surface area contributed by atoms with Gasteiger partial charge >= 0.3 is 0 Å². The molecule has 0 spiro atoms. The number of thioether (sulfide) groups is 1. The van der Waals surface area contributed by atoms with Gasteiger partial charge in [-0.1, -0.05) is 87.9 Å². The van der Waals surface area contributed by atoms with Crippen LogP contribution in [0, 0.1) is 0 Å². The van der Waals surface area contributed by atoms with Gasteiger partial charge in [-0.05, 0) is 53.6 Å². The number of anilines is 1. The van der Waals surface area contributed by atoms with Crippen LogP contribution in [0.2, 0.25) is 10.0 Å². The number of hydrazine groups is 1. The molecule has 1 aliphatic heterocycles. The van der Waals surface area contributed by atoms with Gasteiger partial charge in [-0.2, -0.15) is 0 Å². The van der Waals surface area contributed by atoms with Crippen molar-refractivity contribution >= 4 is 74.4 Å². The molecule has 0 aliphatic carbocycles. The van der Waals surface area contributed by atoms with Crippen LogP contribution < -0.4 is 5.43 Å². The number of halogens is 2. The lowest BCUT2D eigenvalue weighted by atomic mass is 10.2. The van der Waals surface area contributed by atoms with E-state index >= 15 is 0 Å². The fraction of sp³-hybridized carbons (Fsp3) is 0.0800. The third-order valence-electron chi connectivity index (χ3n) is 5.61. The summed E-state index contributed by atoms with van der Waals surface area (Å²) < 4.78 is 1.78. The quantitative estimate of drug-likeness (QED) is 0.242. The van der Waals surface area contributed by atoms with Crippen molar-refractivity contribution in [2.45, 2.75) is 11.9 Å². The smallest absolute Gasteiger partial charge is 0.267 e. The number of fused-ring (bicyclic) bond motifs is 1. The van der Waals surface area contributed by atoms with E-state index in [0.717, 1.165) is 27.2 Å². The lowest BCUT2D eigenvalue weighted by Gasteiger charge is -2.23. The number of aromatic nitrogens is 5. The molecule has 8 nitrogen and oxygen atoms in total. The van der Waals surface area contributed by atoms with Gasteiger partial charge in [0, 0.05) is 10.0 Å². The molecule has 3 aromatic carbocycles. The van der Waals surface area contributed by atoms with Crippen molar-refractivity contribution in [3.05, 3.63) is 104 Å². The van der Waals surface area contributed by atoms with Crippen molar-refractivity contribution in [1.29, 1.82) is 0 Å². The zero-order valence-electron chi connectivity index (χ0n) is 19.0. The minimum absolute atomic E-state index is 0.168. The summed E-state index contributed by atoms with van der Waals surface area (Å²) in [6, 6.07) is 22.5. The molecule has 12 heteroatoms. The van der Waals surface area contributed by atoms with Crippen LogP contribution in [0.4, 0.5) is 5.13 Å². The molecule has 1 saturated heterocycles. The van der Waals surface area contributed by atoms with Gasteiger partial charge in [0.05, 0.1) is 17.0 Å². The number of hydrogen-bond donors (Lipinski definition) is 1. The lowest BCUT2D eigenvalue weighted by Crippen LogP contribution is -2.33. The van der Waals surface area contributed by atoms with Crippen molar-refractivity contribution in [3.8, 4) is 0 Å². The van der Waals surface area contributed by atoms with Crippen molar-refractivity contribution in [3.63, 3.8) is 0 Å². The van der Waals surface area contributed by atoms with Gasteiger partial charge in [0.25, 0.3) is 5.91 Å². The molecule has 3 heterocycles. The molecule has 5 aromatic rings. The van der Waals surface area contributed by atoms with Gasteiger partial charge in [-0.25, -0.2) is 9.69 Å². The molecule has 1 aliphatic rings. The summed E-state index contributed by atoms with van der Waals surface area (Å²) in [6.45, 7) is 0.422. The van der Waals surface area contributed by atoms with E-state index in [1.165, 1.54) is 23.1 Å². The van der Waals surface area contributed by atoms with Gasteiger partial charge in [0.2, 0.25) is 5.13 Å². The molecule has 0 saturated carbocycles. The molecule has 184 valence electrons. The van der Waals surface area contributed by atoms with E-state index in [0.29, 0.717) is 26.6 Å². The molecular formula is C25H17Cl2N7OS2. The highest BCUT2D eigenvalue weighted by molar-refractivity contribution is 8.04. The second kappa shape index (κ2) is 10.1. The summed E-state index contributed by atoms with van der Waals surface area (Å²) in [5, 5.41) is 20.7. The highest BCUT2D eigenvalue weighted by Gasteiger charge is 2.38. The van der Waals surface area contributed by atoms with Crippen molar-refractivity contribution in [2.75, 3.05) is 5.43 Å². The highest BCUT2D eigenvalue weighted by atomic mass is 35.5. The Morgan fingerprint density at radius 1 is 0.919 bits per heavy atom. The molecule has 37 heavy (non-hydrogen) atoms. The Labute approximate surface area is 229 Å². The maximum Gasteiger partial charge on any atom is 0.280 e. The number of amides is 1. The van der Waals surface area contributed by atoms with E-state index in [9.17, 15) is 4.79 Å². The molecule has 0 bridgehead atoms. The molecular weight excluding hydrogens is 549 g/mol. The number of nitrogens with one attached hydrogen (secondary N) is 1. The van der Waals surface area contributed by atoms with Crippen molar-refractivity contribution in [1.82, 2.24) is 30.2 Å². The van der Waals surface area contributed by atoms with Crippen LogP contribution in [0.5, 0.6) is 0 Å². The first-order chi connectivity index (χ1) is 18.0. The van der Waals surface area contributed by atoms with Gasteiger partial charge in [-0.15, -0.1) is 15.3 Å². The molecule has 2 aromatic heterocycles. The van der Waals surface area contributed by atoms with E-state index in [-0.39, 0.29) is 11.3 Å². The lowest BCUT2D eigenvalue weighted by molar-refractivity contribution is -0.124. The Bertz CT molecular complexity index is 1620. The van der Waals surface area contributed by atoms with Gasteiger partial charge in [0.15, 0.2) is 0 Å². The number of benzene rings is 3. The van der Waals surface area contributed by atoms with E-state index < -0.39 is 0 Å². The van der Waals surface area contributed by atoms with Crippen LogP contribution in [0.15, 0.2) is 77.7 Å². The Kier molecular flexibility index (Phi) is 6.56. The van der Waals surface area contributed by atoms with Gasteiger partial charge in [-0.3, -0.25) is 10.2 Å². The Hall–Kier alpha value is -3.44. The predicted molar refractivity (Wildman–Crippen MR) is 148 cm³/mol. The number of carbonyl (C=O) groups excluding carboxylic acids is 1. The SMILES string of the molecule is O=C1/C(=C/c2ccc(Cl)cc2)SC(c2ccc(Cl)cc2)N1Nc1nnc(Cn2nnc3ccccc32)s1. The minimum atomic E-state index is -0.324. The zero-order valence-corrected chi connectivity index (χ0v) is 22.1. The number of carbonyl (C=O) groups is 1.